The molecule has 0 aliphatic heterocycles. The van der Waals surface area contributed by atoms with E-state index in [2.05, 4.69) is 122 Å². The molecule has 0 aromatic heterocycles. The minimum Gasteiger partial charge on any atom is -0.305 e. The zero-order valence-corrected chi connectivity index (χ0v) is 19.9. The van der Waals surface area contributed by atoms with Gasteiger partial charge in [-0.05, 0) is 77.6 Å². The Bertz CT molecular complexity index is 1240. The van der Waals surface area contributed by atoms with Gasteiger partial charge in [0.05, 0.1) is 0 Å². The predicted octanol–water partition coefficient (Wildman–Crippen LogP) is 6.62. The van der Waals surface area contributed by atoms with Crippen LogP contribution in [0.25, 0.3) is 22.3 Å². The molecule has 166 valence electrons. The second-order valence-corrected chi connectivity index (χ2v) is 9.54. The van der Waals surface area contributed by atoms with Crippen molar-refractivity contribution in [2.24, 2.45) is 0 Å². The molecule has 0 unspecified atom stereocenters. The summed E-state index contributed by atoms with van der Waals surface area (Å²) in [5, 5.41) is 0. The highest BCUT2D eigenvalue weighted by Gasteiger charge is 2.23. The van der Waals surface area contributed by atoms with Crippen LogP contribution < -0.4 is 0 Å². The van der Waals surface area contributed by atoms with E-state index in [0.29, 0.717) is 0 Å². The van der Waals surface area contributed by atoms with Gasteiger partial charge in [-0.3, -0.25) is 4.90 Å². The molecule has 0 atom stereocenters. The van der Waals surface area contributed by atoms with Gasteiger partial charge in [0.1, 0.15) is 0 Å². The maximum Gasteiger partial charge on any atom is 0.0240 e. The van der Waals surface area contributed by atoms with E-state index in [9.17, 15) is 0 Å². The summed E-state index contributed by atoms with van der Waals surface area (Å²) < 4.78 is 0. The molecule has 0 N–H and O–H groups in total. The Morgan fingerprint density at radius 3 is 2.06 bits per heavy atom. The SMILES string of the molecule is CN(C)Cc1cccc2c1Cc1cccc(CN(C)Cc3ccc(-c4ccccc4)cc3)c1-2. The molecule has 4 aromatic rings. The summed E-state index contributed by atoms with van der Waals surface area (Å²) in [5.41, 5.74) is 12.6. The van der Waals surface area contributed by atoms with E-state index in [4.69, 9.17) is 0 Å². The van der Waals surface area contributed by atoms with Gasteiger partial charge in [-0.1, -0.05) is 91.0 Å². The lowest BCUT2D eigenvalue weighted by molar-refractivity contribution is 0.319. The van der Waals surface area contributed by atoms with Crippen molar-refractivity contribution >= 4 is 0 Å². The minimum absolute atomic E-state index is 0.937. The van der Waals surface area contributed by atoms with Gasteiger partial charge in [-0.15, -0.1) is 0 Å². The molecular formula is C31H32N2. The lowest BCUT2D eigenvalue weighted by atomic mass is 9.97. The number of fused-ring (bicyclic) bond motifs is 3. The largest absolute Gasteiger partial charge is 0.305 e. The number of benzene rings is 4. The zero-order chi connectivity index (χ0) is 22.8. The highest BCUT2D eigenvalue weighted by Crippen LogP contribution is 2.41. The van der Waals surface area contributed by atoms with Gasteiger partial charge in [0.2, 0.25) is 0 Å². The molecule has 0 radical (unpaired) electrons. The summed E-state index contributed by atoms with van der Waals surface area (Å²) in [5.74, 6) is 0. The lowest BCUT2D eigenvalue weighted by Crippen LogP contribution is -2.17. The molecule has 33 heavy (non-hydrogen) atoms. The zero-order valence-electron chi connectivity index (χ0n) is 19.9. The van der Waals surface area contributed by atoms with Crippen LogP contribution in [0.5, 0.6) is 0 Å². The van der Waals surface area contributed by atoms with Crippen LogP contribution >= 0.6 is 0 Å². The van der Waals surface area contributed by atoms with E-state index in [1.54, 1.807) is 0 Å². The Hall–Kier alpha value is -3.20. The average Bonchev–Trinajstić information content (AvgIpc) is 3.21. The summed E-state index contributed by atoms with van der Waals surface area (Å²) in [6, 6.07) is 33.2. The molecule has 0 bridgehead atoms. The Kier molecular flexibility index (Phi) is 6.13. The Balaban J connectivity index is 1.34. The van der Waals surface area contributed by atoms with Crippen molar-refractivity contribution in [3.63, 3.8) is 0 Å². The van der Waals surface area contributed by atoms with Gasteiger partial charge in [0.25, 0.3) is 0 Å². The van der Waals surface area contributed by atoms with Crippen molar-refractivity contribution in [2.75, 3.05) is 21.1 Å². The van der Waals surface area contributed by atoms with E-state index in [1.165, 1.54) is 50.1 Å². The van der Waals surface area contributed by atoms with Crippen LogP contribution in [-0.2, 0) is 26.1 Å². The second kappa shape index (κ2) is 9.35. The molecule has 1 aliphatic carbocycles. The summed E-state index contributed by atoms with van der Waals surface area (Å²) in [6.07, 6.45) is 1.05. The fourth-order valence-electron chi connectivity index (χ4n) is 5.13. The van der Waals surface area contributed by atoms with E-state index in [-0.39, 0.29) is 0 Å². The molecule has 2 nitrogen and oxygen atoms in total. The first-order valence-electron chi connectivity index (χ1n) is 11.8. The molecule has 2 heteroatoms. The Morgan fingerprint density at radius 2 is 1.30 bits per heavy atom. The molecule has 0 fully saturated rings. The third-order valence-electron chi connectivity index (χ3n) is 6.59. The van der Waals surface area contributed by atoms with Crippen molar-refractivity contribution in [1.82, 2.24) is 9.80 Å². The van der Waals surface area contributed by atoms with Crippen LogP contribution in [0.3, 0.4) is 0 Å². The van der Waals surface area contributed by atoms with Gasteiger partial charge in [-0.25, -0.2) is 0 Å². The molecule has 0 heterocycles. The monoisotopic (exact) mass is 432 g/mol. The maximum atomic E-state index is 2.43. The first-order valence-corrected chi connectivity index (χ1v) is 11.8. The van der Waals surface area contributed by atoms with Crippen molar-refractivity contribution in [2.45, 2.75) is 26.1 Å². The quantitative estimate of drug-likeness (QED) is 0.285. The van der Waals surface area contributed by atoms with Crippen LogP contribution in [-0.4, -0.2) is 30.9 Å². The highest BCUT2D eigenvalue weighted by atomic mass is 15.1. The van der Waals surface area contributed by atoms with Gasteiger partial charge in [0.15, 0.2) is 0 Å². The van der Waals surface area contributed by atoms with Crippen molar-refractivity contribution in [3.8, 4) is 22.3 Å². The number of rotatable bonds is 7. The Labute approximate surface area is 198 Å². The number of hydrogen-bond donors (Lipinski definition) is 0. The maximum absolute atomic E-state index is 2.43. The van der Waals surface area contributed by atoms with Crippen LogP contribution in [0, 0.1) is 0 Å². The molecule has 0 saturated carbocycles. The highest BCUT2D eigenvalue weighted by molar-refractivity contribution is 5.80. The van der Waals surface area contributed by atoms with Crippen molar-refractivity contribution in [3.05, 3.63) is 119 Å². The van der Waals surface area contributed by atoms with Crippen molar-refractivity contribution < 1.29 is 0 Å². The molecule has 4 aromatic carbocycles. The Morgan fingerprint density at radius 1 is 0.606 bits per heavy atom. The molecule has 0 spiro atoms. The summed E-state index contributed by atoms with van der Waals surface area (Å²) in [7, 11) is 6.52. The van der Waals surface area contributed by atoms with Crippen LogP contribution in [0.4, 0.5) is 0 Å². The summed E-state index contributed by atoms with van der Waals surface area (Å²) in [6.45, 7) is 2.87. The normalized spacial score (nSPS) is 12.3. The summed E-state index contributed by atoms with van der Waals surface area (Å²) in [4.78, 5) is 4.69. The van der Waals surface area contributed by atoms with Crippen LogP contribution in [0.15, 0.2) is 91.0 Å². The lowest BCUT2D eigenvalue weighted by Gasteiger charge is -2.20. The van der Waals surface area contributed by atoms with Gasteiger partial charge in [-0.2, -0.15) is 0 Å². The summed E-state index contributed by atoms with van der Waals surface area (Å²) >= 11 is 0. The average molecular weight is 433 g/mol. The third kappa shape index (κ3) is 4.64. The number of hydrogen-bond acceptors (Lipinski definition) is 2. The van der Waals surface area contributed by atoms with Gasteiger partial charge < -0.3 is 4.90 Å². The predicted molar refractivity (Wildman–Crippen MR) is 139 cm³/mol. The number of nitrogens with zero attached hydrogens (tertiary/aromatic N) is 2. The van der Waals surface area contributed by atoms with Gasteiger partial charge >= 0.3 is 0 Å². The van der Waals surface area contributed by atoms with E-state index < -0.39 is 0 Å². The molecule has 0 amide bonds. The van der Waals surface area contributed by atoms with E-state index in [1.807, 2.05) is 0 Å². The third-order valence-corrected chi connectivity index (χ3v) is 6.59. The smallest absolute Gasteiger partial charge is 0.0240 e. The van der Waals surface area contributed by atoms with Gasteiger partial charge in [0, 0.05) is 19.6 Å². The van der Waals surface area contributed by atoms with Crippen LogP contribution in [0.2, 0.25) is 0 Å². The standard InChI is InChI=1S/C31H32N2/c1-32(2)21-27-12-8-14-29-30(27)19-26-11-7-13-28(31(26)29)22-33(3)20-23-15-17-25(18-16-23)24-9-5-4-6-10-24/h4-18H,19-22H2,1-3H3. The molecular weight excluding hydrogens is 400 g/mol. The van der Waals surface area contributed by atoms with E-state index in [0.717, 1.165) is 26.1 Å². The van der Waals surface area contributed by atoms with Crippen LogP contribution in [0.1, 0.15) is 27.8 Å². The first kappa shape index (κ1) is 21.6. The van der Waals surface area contributed by atoms with E-state index >= 15 is 0 Å². The van der Waals surface area contributed by atoms with Crippen molar-refractivity contribution in [1.29, 1.82) is 0 Å². The topological polar surface area (TPSA) is 6.48 Å². The fourth-order valence-corrected chi connectivity index (χ4v) is 5.13. The minimum atomic E-state index is 0.937. The molecule has 1 aliphatic rings. The molecule has 5 rings (SSSR count). The molecule has 0 saturated heterocycles. The first-order chi connectivity index (χ1) is 16.1. The second-order valence-electron chi connectivity index (χ2n) is 9.54. The fraction of sp³-hybridized carbons (Fsp3) is 0.226.